The van der Waals surface area contributed by atoms with Crippen molar-refractivity contribution in [2.75, 3.05) is 6.54 Å². The minimum Gasteiger partial charge on any atom is -0.310 e. The number of benzene rings is 2. The van der Waals surface area contributed by atoms with E-state index in [1.807, 2.05) is 0 Å². The van der Waals surface area contributed by atoms with Gasteiger partial charge >= 0.3 is 0 Å². The van der Waals surface area contributed by atoms with Gasteiger partial charge in [-0.1, -0.05) is 67.1 Å². The molecule has 19 heavy (non-hydrogen) atoms. The molecule has 0 saturated heterocycles. The Morgan fingerprint density at radius 2 is 1.63 bits per heavy atom. The third kappa shape index (κ3) is 4.22. The Labute approximate surface area is 116 Å². The van der Waals surface area contributed by atoms with Gasteiger partial charge in [0.15, 0.2) is 0 Å². The predicted octanol–water partition coefficient (Wildman–Crippen LogP) is 4.28. The molecule has 1 heteroatoms. The van der Waals surface area contributed by atoms with E-state index in [9.17, 15) is 0 Å². The Bertz CT molecular complexity index is 473. The third-order valence-electron chi connectivity index (χ3n) is 3.49. The normalized spacial score (nSPS) is 12.3. The summed E-state index contributed by atoms with van der Waals surface area (Å²) < 4.78 is 0. The summed E-state index contributed by atoms with van der Waals surface area (Å²) in [5.41, 5.74) is 4.14. The van der Waals surface area contributed by atoms with E-state index in [4.69, 9.17) is 0 Å². The lowest BCUT2D eigenvalue weighted by Gasteiger charge is -2.18. The van der Waals surface area contributed by atoms with E-state index in [0.717, 1.165) is 19.4 Å². The van der Waals surface area contributed by atoms with Crippen LogP contribution in [-0.2, 0) is 6.42 Å². The topological polar surface area (TPSA) is 12.0 Å². The Morgan fingerprint density at radius 1 is 0.947 bits per heavy atom. The average molecular weight is 253 g/mol. The van der Waals surface area contributed by atoms with E-state index >= 15 is 0 Å². The van der Waals surface area contributed by atoms with Crippen LogP contribution in [0, 0.1) is 6.92 Å². The molecule has 0 heterocycles. The smallest absolute Gasteiger partial charge is 0.0323 e. The lowest BCUT2D eigenvalue weighted by Crippen LogP contribution is -2.21. The largest absolute Gasteiger partial charge is 0.310 e. The molecule has 0 aliphatic heterocycles. The number of hydrogen-bond donors (Lipinski definition) is 1. The van der Waals surface area contributed by atoms with Gasteiger partial charge in [-0.2, -0.15) is 0 Å². The van der Waals surface area contributed by atoms with Crippen LogP contribution in [0.2, 0.25) is 0 Å². The van der Waals surface area contributed by atoms with E-state index in [1.54, 1.807) is 0 Å². The second-order valence-electron chi connectivity index (χ2n) is 5.05. The first kappa shape index (κ1) is 13.8. The van der Waals surface area contributed by atoms with Crippen molar-refractivity contribution in [3.63, 3.8) is 0 Å². The summed E-state index contributed by atoms with van der Waals surface area (Å²) in [6.45, 7) is 5.31. The van der Waals surface area contributed by atoms with Crippen molar-refractivity contribution < 1.29 is 0 Å². The molecule has 1 N–H and O–H groups in total. The van der Waals surface area contributed by atoms with E-state index in [1.165, 1.54) is 16.7 Å². The van der Waals surface area contributed by atoms with Gasteiger partial charge in [0.25, 0.3) is 0 Å². The van der Waals surface area contributed by atoms with E-state index in [2.05, 4.69) is 73.8 Å². The van der Waals surface area contributed by atoms with Crippen molar-refractivity contribution in [1.82, 2.24) is 5.32 Å². The van der Waals surface area contributed by atoms with Crippen LogP contribution >= 0.6 is 0 Å². The molecule has 2 aromatic rings. The lowest BCUT2D eigenvalue weighted by molar-refractivity contribution is 0.515. The molecule has 1 atom stereocenters. The number of nitrogens with one attached hydrogen (secondary N) is 1. The first-order valence-corrected chi connectivity index (χ1v) is 7.13. The van der Waals surface area contributed by atoms with Crippen LogP contribution in [0.3, 0.4) is 0 Å². The fraction of sp³-hybridized carbons (Fsp3) is 0.333. The van der Waals surface area contributed by atoms with Crippen LogP contribution in [0.5, 0.6) is 0 Å². The van der Waals surface area contributed by atoms with E-state index in [-0.39, 0.29) is 0 Å². The Balaban J connectivity index is 1.99. The number of hydrogen-bond acceptors (Lipinski definition) is 1. The fourth-order valence-corrected chi connectivity index (χ4v) is 2.38. The second-order valence-corrected chi connectivity index (χ2v) is 5.05. The summed E-state index contributed by atoms with van der Waals surface area (Å²) in [6.07, 6.45) is 2.26. The molecule has 0 aromatic heterocycles. The molecular weight excluding hydrogens is 230 g/mol. The summed E-state index contributed by atoms with van der Waals surface area (Å²) in [5, 5.41) is 3.58. The fourth-order valence-electron chi connectivity index (χ4n) is 2.38. The highest BCUT2D eigenvalue weighted by molar-refractivity contribution is 5.23. The molecule has 0 fully saturated rings. The van der Waals surface area contributed by atoms with E-state index < -0.39 is 0 Å². The van der Waals surface area contributed by atoms with E-state index in [0.29, 0.717) is 6.04 Å². The quantitative estimate of drug-likeness (QED) is 0.810. The van der Waals surface area contributed by atoms with Gasteiger partial charge in [0, 0.05) is 6.04 Å². The standard InChI is InChI=1S/C18H23N/c1-3-19-18(17-7-5-4-6-8-17)14-13-16-11-9-15(2)10-12-16/h4-12,18-19H,3,13-14H2,1-2H3. The molecule has 2 rings (SSSR count). The zero-order valence-electron chi connectivity index (χ0n) is 11.9. The highest BCUT2D eigenvalue weighted by atomic mass is 14.9. The Hall–Kier alpha value is -1.60. The maximum Gasteiger partial charge on any atom is 0.0323 e. The van der Waals surface area contributed by atoms with Crippen molar-refractivity contribution >= 4 is 0 Å². The molecule has 0 aliphatic rings. The minimum absolute atomic E-state index is 0.451. The zero-order valence-corrected chi connectivity index (χ0v) is 11.9. The summed E-state index contributed by atoms with van der Waals surface area (Å²) in [6, 6.07) is 20.0. The molecule has 0 bridgehead atoms. The van der Waals surface area contributed by atoms with Crippen LogP contribution in [0.25, 0.3) is 0 Å². The van der Waals surface area contributed by atoms with Crippen molar-refractivity contribution in [3.05, 3.63) is 71.3 Å². The zero-order chi connectivity index (χ0) is 13.5. The molecule has 1 nitrogen and oxygen atoms in total. The third-order valence-corrected chi connectivity index (χ3v) is 3.49. The molecular formula is C18H23N. The molecule has 2 aromatic carbocycles. The molecule has 100 valence electrons. The Morgan fingerprint density at radius 3 is 2.26 bits per heavy atom. The monoisotopic (exact) mass is 253 g/mol. The van der Waals surface area contributed by atoms with Crippen molar-refractivity contribution in [1.29, 1.82) is 0 Å². The van der Waals surface area contributed by atoms with Crippen LogP contribution in [0.1, 0.15) is 36.1 Å². The highest BCUT2D eigenvalue weighted by Gasteiger charge is 2.09. The van der Waals surface area contributed by atoms with Gasteiger partial charge in [-0.15, -0.1) is 0 Å². The van der Waals surface area contributed by atoms with Crippen molar-refractivity contribution in [2.45, 2.75) is 32.7 Å². The average Bonchev–Trinajstić information content (AvgIpc) is 2.46. The van der Waals surface area contributed by atoms with Crippen LogP contribution in [0.4, 0.5) is 0 Å². The Kier molecular flexibility index (Phi) is 5.17. The van der Waals surface area contributed by atoms with Crippen LogP contribution in [0.15, 0.2) is 54.6 Å². The van der Waals surface area contributed by atoms with Gasteiger partial charge in [-0.3, -0.25) is 0 Å². The highest BCUT2D eigenvalue weighted by Crippen LogP contribution is 2.19. The maximum absolute atomic E-state index is 3.58. The predicted molar refractivity (Wildman–Crippen MR) is 82.4 cm³/mol. The molecule has 0 radical (unpaired) electrons. The van der Waals surface area contributed by atoms with Gasteiger partial charge in [-0.05, 0) is 37.4 Å². The molecule has 0 saturated carbocycles. The van der Waals surface area contributed by atoms with Crippen molar-refractivity contribution in [3.8, 4) is 0 Å². The molecule has 0 aliphatic carbocycles. The van der Waals surface area contributed by atoms with Crippen LogP contribution in [-0.4, -0.2) is 6.54 Å². The molecule has 0 spiro atoms. The van der Waals surface area contributed by atoms with Gasteiger partial charge in [0.05, 0.1) is 0 Å². The minimum atomic E-state index is 0.451. The maximum atomic E-state index is 3.58. The first-order valence-electron chi connectivity index (χ1n) is 7.13. The molecule has 1 unspecified atom stereocenters. The summed E-state index contributed by atoms with van der Waals surface area (Å²) >= 11 is 0. The van der Waals surface area contributed by atoms with Gasteiger partial charge in [-0.25, -0.2) is 0 Å². The van der Waals surface area contributed by atoms with Crippen LogP contribution < -0.4 is 5.32 Å². The number of aryl methyl sites for hydroxylation is 2. The molecule has 0 amide bonds. The summed E-state index contributed by atoms with van der Waals surface area (Å²) in [7, 11) is 0. The SMILES string of the molecule is CCNC(CCc1ccc(C)cc1)c1ccccc1. The lowest BCUT2D eigenvalue weighted by atomic mass is 9.98. The first-order chi connectivity index (χ1) is 9.29. The summed E-state index contributed by atoms with van der Waals surface area (Å²) in [5.74, 6) is 0. The van der Waals surface area contributed by atoms with Gasteiger partial charge in [0.1, 0.15) is 0 Å². The van der Waals surface area contributed by atoms with Crippen molar-refractivity contribution in [2.24, 2.45) is 0 Å². The van der Waals surface area contributed by atoms with Gasteiger partial charge < -0.3 is 5.32 Å². The summed E-state index contributed by atoms with van der Waals surface area (Å²) in [4.78, 5) is 0. The second kappa shape index (κ2) is 7.10. The van der Waals surface area contributed by atoms with Gasteiger partial charge in [0.2, 0.25) is 0 Å². The number of rotatable bonds is 6.